The Kier molecular flexibility index (Phi) is 21.8. The first-order valence-corrected chi connectivity index (χ1v) is 24.7. The molecule has 0 bridgehead atoms. The van der Waals surface area contributed by atoms with Gasteiger partial charge in [0.2, 0.25) is 5.95 Å². The van der Waals surface area contributed by atoms with Crippen LogP contribution in [0.5, 0.6) is 11.5 Å². The molecule has 0 spiro atoms. The SMILES string of the molecule is CCCOc1cc(N=Nc2ccc(Cl)cc2)c(Cl)cc1Cc1nc(Cc2cc(Cl)c(N=Nc3ccc(Cl)c(S(=O)(=O)O)c3)cc2OCCCS(=O)(=O)O)nc(NC)n1.O=S(=O)=O.O=S(=O)=O. The maximum Gasteiger partial charge on any atom is 0.425 e. The van der Waals surface area contributed by atoms with Gasteiger partial charge < -0.3 is 14.8 Å². The minimum Gasteiger partial charge on any atom is -0.493 e. The Morgan fingerprint density at radius 1 is 0.636 bits per heavy atom. The fourth-order valence-corrected chi connectivity index (χ4v) is 7.11. The molecule has 5 rings (SSSR count). The Morgan fingerprint density at radius 2 is 1.11 bits per heavy atom. The highest BCUT2D eigenvalue weighted by atomic mass is 35.5. The molecule has 4 aromatic carbocycles. The molecule has 22 nitrogen and oxygen atoms in total. The molecule has 354 valence electrons. The van der Waals surface area contributed by atoms with Gasteiger partial charge >= 0.3 is 21.2 Å². The van der Waals surface area contributed by atoms with Gasteiger partial charge in [-0.25, -0.2) is 4.98 Å². The number of nitrogens with one attached hydrogen (secondary N) is 1. The molecular formula is C36H34Cl4N8O14S4. The lowest BCUT2D eigenvalue weighted by atomic mass is 10.1. The molecule has 0 aliphatic carbocycles. The van der Waals surface area contributed by atoms with Crippen molar-refractivity contribution in [3.05, 3.63) is 110 Å². The summed E-state index contributed by atoms with van der Waals surface area (Å²) in [6, 6.07) is 16.9. The van der Waals surface area contributed by atoms with E-state index in [2.05, 4.69) is 35.7 Å². The highest BCUT2D eigenvalue weighted by Crippen LogP contribution is 2.38. The van der Waals surface area contributed by atoms with Gasteiger partial charge in [-0.05, 0) is 67.4 Å². The predicted octanol–water partition coefficient (Wildman–Crippen LogP) is 8.22. The lowest BCUT2D eigenvalue weighted by molar-refractivity contribution is 0.313. The molecule has 0 unspecified atom stereocenters. The minimum absolute atomic E-state index is 0.0339. The summed E-state index contributed by atoms with van der Waals surface area (Å²) < 4.78 is 128. The van der Waals surface area contributed by atoms with Gasteiger partial charge in [-0.3, -0.25) is 9.11 Å². The average molecular weight is 1070 g/mol. The van der Waals surface area contributed by atoms with E-state index in [1.165, 1.54) is 24.3 Å². The lowest BCUT2D eigenvalue weighted by Crippen LogP contribution is -2.11. The third-order valence-corrected chi connectivity index (χ3v) is 10.7. The van der Waals surface area contributed by atoms with Crippen molar-refractivity contribution in [1.29, 1.82) is 0 Å². The average Bonchev–Trinajstić information content (AvgIpc) is 3.21. The van der Waals surface area contributed by atoms with Gasteiger partial charge in [0.05, 0.1) is 45.4 Å². The number of anilines is 1. The summed E-state index contributed by atoms with van der Waals surface area (Å²) >= 11 is 25.2. The molecule has 0 atom stereocenters. The van der Waals surface area contributed by atoms with Crippen LogP contribution in [-0.2, 0) is 54.3 Å². The molecule has 5 aromatic rings. The summed E-state index contributed by atoms with van der Waals surface area (Å²) in [4.78, 5) is 13.2. The van der Waals surface area contributed by atoms with E-state index in [1.54, 1.807) is 43.4 Å². The number of ether oxygens (including phenoxy) is 2. The molecule has 3 N–H and O–H groups in total. The summed E-state index contributed by atoms with van der Waals surface area (Å²) in [5.74, 6) is 1.10. The van der Waals surface area contributed by atoms with Crippen LogP contribution >= 0.6 is 46.4 Å². The first kappa shape index (κ1) is 55.0. The molecule has 0 aliphatic heterocycles. The molecule has 0 aliphatic rings. The smallest absolute Gasteiger partial charge is 0.425 e. The monoisotopic (exact) mass is 1070 g/mol. The quantitative estimate of drug-likeness (QED) is 0.0422. The van der Waals surface area contributed by atoms with Crippen LogP contribution in [0.2, 0.25) is 20.1 Å². The van der Waals surface area contributed by atoms with Crippen LogP contribution in [0.3, 0.4) is 0 Å². The van der Waals surface area contributed by atoms with E-state index >= 15 is 0 Å². The van der Waals surface area contributed by atoms with E-state index in [1.807, 2.05) is 6.92 Å². The molecule has 0 saturated carbocycles. The standard InChI is InChI=1S/C36H34Cl4N8O8S2.2O3S/c1-3-11-55-31-19-29(47-45-24-7-5-23(37)6-8-24)27(39)14-21(31)16-34-42-35(44-36(41-2)43-34)17-22-15-28(40)30(20-32(22)56-12-4-13-57(49,50)51)48-46-25-9-10-26(38)33(18-25)58(52,53)54;2*1-4(2)3/h5-10,14-15,18-20H,3-4,11-13,16-17H2,1-2H3,(H,49,50,51)(H,52,53,54)(H,41,42,43,44);;. The third kappa shape index (κ3) is 19.7. The topological polar surface area (TPSA) is 330 Å². The van der Waals surface area contributed by atoms with Crippen molar-refractivity contribution >= 4 is 117 Å². The zero-order valence-electron chi connectivity index (χ0n) is 33.9. The van der Waals surface area contributed by atoms with E-state index in [9.17, 15) is 25.9 Å². The van der Waals surface area contributed by atoms with E-state index in [-0.39, 0.29) is 59.0 Å². The second-order valence-corrected chi connectivity index (χ2v) is 18.1. The maximum absolute atomic E-state index is 11.7. The van der Waals surface area contributed by atoms with Crippen molar-refractivity contribution in [3.8, 4) is 11.5 Å². The normalized spacial score (nSPS) is 11.3. The molecular weight excluding hydrogens is 1040 g/mol. The summed E-state index contributed by atoms with van der Waals surface area (Å²) in [6.07, 6.45) is 0.921. The highest BCUT2D eigenvalue weighted by Gasteiger charge is 2.19. The number of rotatable bonds is 18. The number of halogens is 4. The molecule has 0 fully saturated rings. The fourth-order valence-electron chi connectivity index (χ4n) is 5.06. The minimum atomic E-state index is -4.64. The van der Waals surface area contributed by atoms with Crippen molar-refractivity contribution in [1.82, 2.24) is 15.0 Å². The Bertz CT molecular complexity index is 3010. The summed E-state index contributed by atoms with van der Waals surface area (Å²) in [5, 5.41) is 20.5. The zero-order chi connectivity index (χ0) is 49.2. The molecule has 0 radical (unpaired) electrons. The Balaban J connectivity index is 0.00000133. The van der Waals surface area contributed by atoms with Crippen LogP contribution in [0.1, 0.15) is 42.5 Å². The molecule has 1 aromatic heterocycles. The van der Waals surface area contributed by atoms with Crippen molar-refractivity contribution in [2.45, 2.75) is 37.5 Å². The van der Waals surface area contributed by atoms with Gasteiger partial charge in [-0.15, -0.1) is 35.5 Å². The molecule has 0 amide bonds. The van der Waals surface area contributed by atoms with Gasteiger partial charge in [0.15, 0.2) is 0 Å². The van der Waals surface area contributed by atoms with Gasteiger partial charge in [0.1, 0.15) is 39.4 Å². The van der Waals surface area contributed by atoms with Crippen molar-refractivity contribution in [2.75, 3.05) is 31.3 Å². The number of nitrogens with zero attached hydrogens (tertiary/aromatic N) is 7. The van der Waals surface area contributed by atoms with Gasteiger partial charge in [0.25, 0.3) is 20.2 Å². The molecule has 1 heterocycles. The maximum atomic E-state index is 11.7. The first-order valence-electron chi connectivity index (χ1n) is 18.1. The zero-order valence-corrected chi connectivity index (χ0v) is 40.2. The van der Waals surface area contributed by atoms with E-state index < -0.39 is 52.1 Å². The fraction of sp³-hybridized carbons (Fsp3) is 0.250. The van der Waals surface area contributed by atoms with Crippen molar-refractivity contribution < 1.29 is 60.7 Å². The van der Waals surface area contributed by atoms with Crippen LogP contribution in [0.25, 0.3) is 0 Å². The lowest BCUT2D eigenvalue weighted by Gasteiger charge is -2.15. The van der Waals surface area contributed by atoms with Crippen LogP contribution in [0, 0.1) is 0 Å². The Morgan fingerprint density at radius 3 is 1.56 bits per heavy atom. The summed E-state index contributed by atoms with van der Waals surface area (Å²) in [6.45, 7) is 2.27. The van der Waals surface area contributed by atoms with Gasteiger partial charge in [-0.1, -0.05) is 53.3 Å². The van der Waals surface area contributed by atoms with Gasteiger partial charge in [-0.2, -0.15) is 37.0 Å². The largest absolute Gasteiger partial charge is 0.493 e. The molecule has 66 heavy (non-hydrogen) atoms. The Labute approximate surface area is 400 Å². The summed E-state index contributed by atoms with van der Waals surface area (Å²) in [7, 11) is -13.5. The molecule has 0 saturated heterocycles. The summed E-state index contributed by atoms with van der Waals surface area (Å²) in [5.41, 5.74) is 2.25. The number of aromatic nitrogens is 3. The van der Waals surface area contributed by atoms with Crippen molar-refractivity contribution in [3.63, 3.8) is 0 Å². The van der Waals surface area contributed by atoms with Crippen molar-refractivity contribution in [2.24, 2.45) is 20.5 Å². The van der Waals surface area contributed by atoms with E-state index in [0.29, 0.717) is 56.6 Å². The predicted molar refractivity (Wildman–Crippen MR) is 241 cm³/mol. The molecule has 30 heteroatoms. The number of hydrogen-bond donors (Lipinski definition) is 3. The highest BCUT2D eigenvalue weighted by molar-refractivity contribution is 7.86. The van der Waals surface area contributed by atoms with Crippen LogP contribution in [-0.4, -0.2) is 92.2 Å². The van der Waals surface area contributed by atoms with Crippen LogP contribution < -0.4 is 14.8 Å². The van der Waals surface area contributed by atoms with E-state index in [4.69, 9.17) is 86.1 Å². The van der Waals surface area contributed by atoms with Crippen LogP contribution in [0.15, 0.2) is 92.1 Å². The second kappa shape index (κ2) is 26.2. The number of benzene rings is 4. The first-order chi connectivity index (χ1) is 31.0. The number of azo groups is 2. The van der Waals surface area contributed by atoms with E-state index in [0.717, 1.165) is 12.5 Å². The van der Waals surface area contributed by atoms with Gasteiger partial charge in [0, 0.05) is 48.2 Å². The number of hydrogen-bond acceptors (Lipinski definition) is 20. The second-order valence-electron chi connectivity index (χ2n) is 12.6. The van der Waals surface area contributed by atoms with Crippen LogP contribution in [0.4, 0.5) is 28.7 Å². The Hall–Kier alpha value is -5.29. The third-order valence-electron chi connectivity index (χ3n) is 7.74.